The van der Waals surface area contributed by atoms with Crippen molar-refractivity contribution >= 4 is 11.8 Å². The summed E-state index contributed by atoms with van der Waals surface area (Å²) >= 11 is 0. The highest BCUT2D eigenvalue weighted by Gasteiger charge is 2.56. The third-order valence-electron chi connectivity index (χ3n) is 9.18. The van der Waals surface area contributed by atoms with Crippen LogP contribution < -0.4 is 5.32 Å². The van der Waals surface area contributed by atoms with Crippen LogP contribution in [-0.2, 0) is 16.1 Å². The molecule has 1 aromatic carbocycles. The average Bonchev–Trinajstić information content (AvgIpc) is 3.43. The van der Waals surface area contributed by atoms with E-state index < -0.39 is 0 Å². The summed E-state index contributed by atoms with van der Waals surface area (Å²) < 4.78 is 0. The maximum absolute atomic E-state index is 13.8. The van der Waals surface area contributed by atoms with Crippen molar-refractivity contribution in [3.8, 4) is 0 Å². The first kappa shape index (κ1) is 20.7. The standard InChI is InChI=1S/C27H37N3O2/c31-25(28-23-8-10-29(18-23)17-19-5-2-1-3-6-19)24-7-4-9-30(24)26(32)27-14-20-11-21(15-27)13-22(12-20)16-27/h1-3,5-6,20-24H,4,7-18H2,(H,28,31). The molecule has 2 saturated heterocycles. The Kier molecular flexibility index (Phi) is 5.28. The molecule has 7 rings (SSSR count). The SMILES string of the molecule is O=C(NC1CCN(Cc2ccccc2)C1)C1CCCN1C(=O)C12CC3CC(CC(C3)C1)C2. The minimum Gasteiger partial charge on any atom is -0.350 e. The molecule has 32 heavy (non-hydrogen) atoms. The lowest BCUT2D eigenvalue weighted by Crippen LogP contribution is -2.57. The van der Waals surface area contributed by atoms with Gasteiger partial charge in [0.05, 0.1) is 5.41 Å². The fourth-order valence-electron chi connectivity index (χ4n) is 8.19. The van der Waals surface area contributed by atoms with E-state index in [2.05, 4.69) is 40.5 Å². The Hall–Kier alpha value is -1.88. The molecule has 0 radical (unpaired) electrons. The van der Waals surface area contributed by atoms with Crippen LogP contribution in [-0.4, -0.2) is 53.3 Å². The second-order valence-electron chi connectivity index (χ2n) is 11.6. The molecule has 1 N–H and O–H groups in total. The van der Waals surface area contributed by atoms with Crippen LogP contribution >= 0.6 is 0 Å². The molecule has 2 unspecified atom stereocenters. The minimum atomic E-state index is -0.251. The van der Waals surface area contributed by atoms with Crippen molar-refractivity contribution in [3.05, 3.63) is 35.9 Å². The summed E-state index contributed by atoms with van der Waals surface area (Å²) in [6.07, 6.45) is 10.1. The normalized spacial score (nSPS) is 38.4. The Morgan fingerprint density at radius 2 is 1.62 bits per heavy atom. The fourth-order valence-corrected chi connectivity index (χ4v) is 8.19. The minimum absolute atomic E-state index is 0.0899. The molecule has 6 fully saturated rings. The van der Waals surface area contributed by atoms with Gasteiger partial charge in [0.1, 0.15) is 6.04 Å². The molecule has 0 aromatic heterocycles. The van der Waals surface area contributed by atoms with E-state index in [-0.39, 0.29) is 23.4 Å². The molecule has 172 valence electrons. The largest absolute Gasteiger partial charge is 0.350 e. The lowest BCUT2D eigenvalue weighted by Gasteiger charge is -2.56. The van der Waals surface area contributed by atoms with Gasteiger partial charge >= 0.3 is 0 Å². The number of likely N-dealkylation sites (tertiary alicyclic amines) is 2. The van der Waals surface area contributed by atoms with Crippen molar-refractivity contribution in [1.82, 2.24) is 15.1 Å². The number of hydrogen-bond acceptors (Lipinski definition) is 3. The smallest absolute Gasteiger partial charge is 0.243 e. The molecule has 5 heteroatoms. The zero-order valence-corrected chi connectivity index (χ0v) is 19.2. The molecule has 4 aliphatic carbocycles. The Morgan fingerprint density at radius 1 is 0.938 bits per heavy atom. The van der Waals surface area contributed by atoms with E-state index in [1.54, 1.807) is 0 Å². The Morgan fingerprint density at radius 3 is 2.31 bits per heavy atom. The first-order chi connectivity index (χ1) is 15.6. The number of nitrogens with one attached hydrogen (secondary N) is 1. The van der Waals surface area contributed by atoms with Gasteiger partial charge in [0.15, 0.2) is 0 Å². The third-order valence-corrected chi connectivity index (χ3v) is 9.18. The number of hydrogen-bond donors (Lipinski definition) is 1. The van der Waals surface area contributed by atoms with Gasteiger partial charge in [-0.3, -0.25) is 14.5 Å². The Labute approximate surface area is 191 Å². The second kappa shape index (κ2) is 8.16. The summed E-state index contributed by atoms with van der Waals surface area (Å²) in [5.74, 6) is 2.69. The number of carbonyl (C=O) groups excluding carboxylic acids is 2. The summed E-state index contributed by atoms with van der Waals surface area (Å²) in [7, 11) is 0. The monoisotopic (exact) mass is 435 g/mol. The highest BCUT2D eigenvalue weighted by atomic mass is 16.2. The molecule has 4 saturated carbocycles. The van der Waals surface area contributed by atoms with E-state index in [1.165, 1.54) is 24.8 Å². The van der Waals surface area contributed by atoms with Crippen LogP contribution in [0, 0.1) is 23.2 Å². The first-order valence-corrected chi connectivity index (χ1v) is 13.0. The van der Waals surface area contributed by atoms with Crippen molar-refractivity contribution in [2.75, 3.05) is 19.6 Å². The van der Waals surface area contributed by atoms with Gasteiger partial charge in [-0.1, -0.05) is 30.3 Å². The highest BCUT2D eigenvalue weighted by Crippen LogP contribution is 2.60. The molecule has 2 amide bonds. The van der Waals surface area contributed by atoms with Gasteiger partial charge in [-0.25, -0.2) is 0 Å². The number of benzene rings is 1. The van der Waals surface area contributed by atoms with E-state index in [0.717, 1.165) is 82.5 Å². The van der Waals surface area contributed by atoms with Gasteiger partial charge in [-0.05, 0) is 81.1 Å². The molecular formula is C27H37N3O2. The van der Waals surface area contributed by atoms with E-state index in [9.17, 15) is 9.59 Å². The number of carbonyl (C=O) groups is 2. The summed E-state index contributed by atoms with van der Waals surface area (Å²) in [6, 6.07) is 10.5. The van der Waals surface area contributed by atoms with Crippen LogP contribution in [0.15, 0.2) is 30.3 Å². The molecule has 2 atom stereocenters. The van der Waals surface area contributed by atoms with Crippen molar-refractivity contribution in [2.24, 2.45) is 23.2 Å². The van der Waals surface area contributed by atoms with E-state index in [1.807, 2.05) is 4.90 Å². The molecule has 5 nitrogen and oxygen atoms in total. The van der Waals surface area contributed by atoms with Crippen LogP contribution in [0.4, 0.5) is 0 Å². The van der Waals surface area contributed by atoms with Gasteiger partial charge < -0.3 is 10.2 Å². The van der Waals surface area contributed by atoms with Crippen LogP contribution in [0.2, 0.25) is 0 Å². The third kappa shape index (κ3) is 3.76. The first-order valence-electron chi connectivity index (χ1n) is 13.0. The van der Waals surface area contributed by atoms with Gasteiger partial charge in [-0.2, -0.15) is 0 Å². The molecule has 0 spiro atoms. The summed E-state index contributed by atoms with van der Waals surface area (Å²) in [5.41, 5.74) is 1.18. The molecule has 4 bridgehead atoms. The molecule has 6 aliphatic rings. The van der Waals surface area contributed by atoms with Crippen LogP contribution in [0.3, 0.4) is 0 Å². The zero-order valence-electron chi connectivity index (χ0n) is 19.2. The quantitative estimate of drug-likeness (QED) is 0.769. The van der Waals surface area contributed by atoms with Gasteiger partial charge in [0, 0.05) is 32.2 Å². The predicted molar refractivity (Wildman–Crippen MR) is 124 cm³/mol. The van der Waals surface area contributed by atoms with Crippen molar-refractivity contribution in [1.29, 1.82) is 0 Å². The number of amides is 2. The van der Waals surface area contributed by atoms with Gasteiger partial charge in [0.2, 0.25) is 11.8 Å². The molecule has 1 aromatic rings. The van der Waals surface area contributed by atoms with Crippen LogP contribution in [0.25, 0.3) is 0 Å². The van der Waals surface area contributed by atoms with Crippen molar-refractivity contribution in [2.45, 2.75) is 76.4 Å². The second-order valence-corrected chi connectivity index (χ2v) is 11.6. The number of nitrogens with zero attached hydrogens (tertiary/aromatic N) is 2. The summed E-state index contributed by atoms with van der Waals surface area (Å²) in [5, 5.41) is 3.32. The summed E-state index contributed by atoms with van der Waals surface area (Å²) in [4.78, 5) is 31.6. The van der Waals surface area contributed by atoms with Gasteiger partial charge in [0.25, 0.3) is 0 Å². The highest BCUT2D eigenvalue weighted by molar-refractivity contribution is 5.91. The average molecular weight is 436 g/mol. The molecule has 2 heterocycles. The lowest BCUT2D eigenvalue weighted by atomic mass is 9.49. The number of rotatable bonds is 5. The maximum atomic E-state index is 13.8. The van der Waals surface area contributed by atoms with E-state index in [4.69, 9.17) is 0 Å². The maximum Gasteiger partial charge on any atom is 0.243 e. The lowest BCUT2D eigenvalue weighted by molar-refractivity contribution is -0.160. The fraction of sp³-hybridized carbons (Fsp3) is 0.704. The van der Waals surface area contributed by atoms with E-state index in [0.29, 0.717) is 5.91 Å². The predicted octanol–water partition coefficient (Wildman–Crippen LogP) is 3.58. The van der Waals surface area contributed by atoms with Crippen molar-refractivity contribution in [3.63, 3.8) is 0 Å². The topological polar surface area (TPSA) is 52.7 Å². The van der Waals surface area contributed by atoms with Crippen LogP contribution in [0.1, 0.15) is 63.4 Å². The summed E-state index contributed by atoms with van der Waals surface area (Å²) in [6.45, 7) is 3.62. The van der Waals surface area contributed by atoms with Gasteiger partial charge in [-0.15, -0.1) is 0 Å². The Bertz CT molecular complexity index is 834. The zero-order chi connectivity index (χ0) is 21.7. The molecule has 2 aliphatic heterocycles. The Balaban J connectivity index is 1.08. The van der Waals surface area contributed by atoms with Crippen LogP contribution in [0.5, 0.6) is 0 Å². The van der Waals surface area contributed by atoms with Crippen molar-refractivity contribution < 1.29 is 9.59 Å². The molecular weight excluding hydrogens is 398 g/mol. The van der Waals surface area contributed by atoms with E-state index >= 15 is 0 Å².